The van der Waals surface area contributed by atoms with Crippen molar-refractivity contribution in [3.8, 4) is 5.75 Å². The lowest BCUT2D eigenvalue weighted by Gasteiger charge is -2.31. The predicted molar refractivity (Wildman–Crippen MR) is 174 cm³/mol. The van der Waals surface area contributed by atoms with Crippen LogP contribution in [0.1, 0.15) is 107 Å². The normalized spacial score (nSPS) is 12.9. The highest BCUT2D eigenvalue weighted by atomic mass is 35.5. The van der Waals surface area contributed by atoms with Gasteiger partial charge in [-0.25, -0.2) is 4.72 Å². The zero-order valence-corrected chi connectivity index (χ0v) is 27.6. The molecule has 2 aromatic rings. The molecule has 0 saturated heterocycles. The fourth-order valence-corrected chi connectivity index (χ4v) is 6.06. The van der Waals surface area contributed by atoms with Crippen LogP contribution < -0.4 is 13.8 Å². The van der Waals surface area contributed by atoms with Gasteiger partial charge in [-0.15, -0.1) is 0 Å². The molecule has 240 valence electrons. The standard InChI is InChI=1S/C33H49ClN2O6S/c1-4-5-6-7-8-9-10-11-12-13-14-15-16-20-27-42-33(34,31(37)28-23-25-30(41-3)26-24-28)32(38)36(43(39,40)35-2)29-21-18-17-19-22-29/h17-19,21-26,35H,4-16,20,27H2,1-3H3. The molecule has 2 aromatic carbocycles. The summed E-state index contributed by atoms with van der Waals surface area (Å²) in [5, 5.41) is -2.61. The third-order valence-corrected chi connectivity index (χ3v) is 9.21. The van der Waals surface area contributed by atoms with Crippen LogP contribution in [0, 0.1) is 0 Å². The van der Waals surface area contributed by atoms with Crippen LogP contribution in [0.5, 0.6) is 5.75 Å². The van der Waals surface area contributed by atoms with Crippen molar-refractivity contribution in [2.24, 2.45) is 0 Å². The number of rotatable bonds is 23. The number of amides is 1. The number of halogens is 1. The average Bonchev–Trinajstić information content (AvgIpc) is 3.02. The number of alkyl halides is 1. The van der Waals surface area contributed by atoms with E-state index in [-0.39, 0.29) is 17.9 Å². The molecule has 10 heteroatoms. The Morgan fingerprint density at radius 2 is 1.28 bits per heavy atom. The number of unbranched alkanes of at least 4 members (excludes halogenated alkanes) is 13. The van der Waals surface area contributed by atoms with Crippen LogP contribution in [0.2, 0.25) is 0 Å². The van der Waals surface area contributed by atoms with Crippen molar-refractivity contribution in [3.63, 3.8) is 0 Å². The highest BCUT2D eigenvalue weighted by Gasteiger charge is 2.51. The number of nitrogens with one attached hydrogen (secondary N) is 1. The number of Topliss-reactive ketones (excluding diaryl/α,β-unsaturated/α-hetero) is 1. The Morgan fingerprint density at radius 1 is 0.791 bits per heavy atom. The third kappa shape index (κ3) is 11.9. The van der Waals surface area contributed by atoms with E-state index in [9.17, 15) is 18.0 Å². The minimum Gasteiger partial charge on any atom is -0.497 e. The first-order valence-corrected chi connectivity index (χ1v) is 17.4. The molecular weight excluding hydrogens is 588 g/mol. The van der Waals surface area contributed by atoms with E-state index >= 15 is 0 Å². The molecule has 1 amide bonds. The third-order valence-electron chi connectivity index (χ3n) is 7.39. The maximum Gasteiger partial charge on any atom is 0.308 e. The number of nitrogens with zero attached hydrogens (tertiary/aromatic N) is 1. The quantitative estimate of drug-likeness (QED) is 0.0578. The second-order valence-corrected chi connectivity index (χ2v) is 13.0. The summed E-state index contributed by atoms with van der Waals surface area (Å²) in [5.74, 6) is -1.57. The van der Waals surface area contributed by atoms with E-state index in [0.717, 1.165) is 19.3 Å². The van der Waals surface area contributed by atoms with E-state index in [1.165, 1.54) is 103 Å². The van der Waals surface area contributed by atoms with Crippen molar-refractivity contribution >= 4 is 39.2 Å². The van der Waals surface area contributed by atoms with Gasteiger partial charge in [-0.1, -0.05) is 120 Å². The van der Waals surface area contributed by atoms with E-state index in [4.69, 9.17) is 21.1 Å². The van der Waals surface area contributed by atoms with E-state index in [1.54, 1.807) is 30.3 Å². The van der Waals surface area contributed by atoms with Crippen LogP contribution in [0.15, 0.2) is 54.6 Å². The van der Waals surface area contributed by atoms with Gasteiger partial charge in [0.1, 0.15) is 5.75 Å². The number of methoxy groups -OCH3 is 1. The van der Waals surface area contributed by atoms with Gasteiger partial charge in [0.05, 0.1) is 12.8 Å². The summed E-state index contributed by atoms with van der Waals surface area (Å²) in [5.41, 5.74) is 0.106. The molecule has 0 saturated carbocycles. The van der Waals surface area contributed by atoms with Crippen LogP contribution in [0.25, 0.3) is 0 Å². The SMILES string of the molecule is CCCCCCCCCCCCCCCCOC(Cl)(C(=O)c1ccc(OC)cc1)C(=O)N(c1ccccc1)S(=O)(=O)NC. The van der Waals surface area contributed by atoms with Gasteiger partial charge in [-0.2, -0.15) is 12.7 Å². The number of ketones is 1. The number of para-hydroxylation sites is 1. The highest BCUT2D eigenvalue weighted by Crippen LogP contribution is 2.31. The van der Waals surface area contributed by atoms with Crippen molar-refractivity contribution < 1.29 is 27.5 Å². The number of hydrogen-bond donors (Lipinski definition) is 1. The van der Waals surface area contributed by atoms with Gasteiger partial charge >= 0.3 is 10.2 Å². The zero-order valence-electron chi connectivity index (χ0n) is 26.0. The second-order valence-electron chi connectivity index (χ2n) is 10.7. The number of anilines is 1. The molecule has 1 unspecified atom stereocenters. The molecule has 0 aromatic heterocycles. The molecule has 8 nitrogen and oxygen atoms in total. The van der Waals surface area contributed by atoms with Gasteiger partial charge in [0, 0.05) is 19.2 Å². The Hall–Kier alpha value is -2.46. The van der Waals surface area contributed by atoms with Crippen LogP contribution in [0.3, 0.4) is 0 Å². The summed E-state index contributed by atoms with van der Waals surface area (Å²) in [6.07, 6.45) is 16.5. The summed E-state index contributed by atoms with van der Waals surface area (Å²) in [4.78, 5) is 27.6. The Kier molecular flexibility index (Phi) is 16.9. The van der Waals surface area contributed by atoms with E-state index in [2.05, 4.69) is 11.6 Å². The van der Waals surface area contributed by atoms with Crippen molar-refractivity contribution in [2.45, 2.75) is 102 Å². The molecule has 0 aliphatic rings. The number of hydrogen-bond acceptors (Lipinski definition) is 6. The molecular formula is C33H49ClN2O6S. The van der Waals surface area contributed by atoms with E-state index < -0.39 is 27.0 Å². The van der Waals surface area contributed by atoms with E-state index in [0.29, 0.717) is 16.5 Å². The lowest BCUT2D eigenvalue weighted by atomic mass is 10.0. The molecule has 0 radical (unpaired) electrons. The Morgan fingerprint density at radius 3 is 1.74 bits per heavy atom. The van der Waals surface area contributed by atoms with Gasteiger partial charge in [0.25, 0.3) is 11.0 Å². The summed E-state index contributed by atoms with van der Waals surface area (Å²) in [6.45, 7) is 2.25. The molecule has 0 heterocycles. The molecule has 1 atom stereocenters. The zero-order chi connectivity index (χ0) is 31.6. The Labute approximate surface area is 263 Å². The fourth-order valence-electron chi connectivity index (χ4n) is 4.81. The van der Waals surface area contributed by atoms with Crippen molar-refractivity contribution in [1.82, 2.24) is 4.72 Å². The van der Waals surface area contributed by atoms with Gasteiger partial charge in [0.2, 0.25) is 5.78 Å². The number of benzene rings is 2. The minimum absolute atomic E-state index is 0.0113. The monoisotopic (exact) mass is 636 g/mol. The van der Waals surface area contributed by atoms with Gasteiger partial charge in [-0.05, 0) is 42.8 Å². The lowest BCUT2D eigenvalue weighted by Crippen LogP contribution is -2.56. The first kappa shape index (κ1) is 36.7. The molecule has 1 N–H and O–H groups in total. The topological polar surface area (TPSA) is 102 Å². The first-order valence-electron chi connectivity index (χ1n) is 15.6. The molecule has 0 aliphatic heterocycles. The predicted octanol–water partition coefficient (Wildman–Crippen LogP) is 7.81. The van der Waals surface area contributed by atoms with Crippen molar-refractivity contribution in [2.75, 3.05) is 25.1 Å². The van der Waals surface area contributed by atoms with Crippen molar-refractivity contribution in [3.05, 3.63) is 60.2 Å². The summed E-state index contributed by atoms with van der Waals surface area (Å²) >= 11 is 6.73. The molecule has 43 heavy (non-hydrogen) atoms. The van der Waals surface area contributed by atoms with Crippen LogP contribution in [0.4, 0.5) is 5.69 Å². The van der Waals surface area contributed by atoms with Crippen LogP contribution >= 0.6 is 11.6 Å². The molecule has 0 spiro atoms. The average molecular weight is 637 g/mol. The number of ether oxygens (including phenoxy) is 2. The van der Waals surface area contributed by atoms with Gasteiger partial charge in [0.15, 0.2) is 0 Å². The van der Waals surface area contributed by atoms with Gasteiger partial charge in [-0.3, -0.25) is 9.59 Å². The lowest BCUT2D eigenvalue weighted by molar-refractivity contribution is -0.129. The van der Waals surface area contributed by atoms with Gasteiger partial charge < -0.3 is 9.47 Å². The first-order chi connectivity index (χ1) is 20.7. The number of carbonyl (C=O) groups is 2. The largest absolute Gasteiger partial charge is 0.497 e. The number of carbonyl (C=O) groups excluding carboxylic acids is 2. The molecule has 2 rings (SSSR count). The fraction of sp³-hybridized carbons (Fsp3) is 0.576. The minimum atomic E-state index is -4.38. The van der Waals surface area contributed by atoms with E-state index in [1.807, 2.05) is 0 Å². The smallest absolute Gasteiger partial charge is 0.308 e. The molecule has 0 aliphatic carbocycles. The molecule has 0 bridgehead atoms. The summed E-state index contributed by atoms with van der Waals surface area (Å²) in [6, 6.07) is 13.8. The Bertz CT molecular complexity index is 1190. The van der Waals surface area contributed by atoms with Crippen molar-refractivity contribution in [1.29, 1.82) is 0 Å². The Balaban J connectivity index is 2.00. The summed E-state index contributed by atoms with van der Waals surface area (Å²) in [7, 11) is -1.72. The summed E-state index contributed by atoms with van der Waals surface area (Å²) < 4.78 is 39.6. The second kappa shape index (κ2) is 19.7. The maximum absolute atomic E-state index is 13.9. The molecule has 0 fully saturated rings. The maximum atomic E-state index is 13.9. The van der Waals surface area contributed by atoms with Crippen LogP contribution in [-0.2, 0) is 19.7 Å². The highest BCUT2D eigenvalue weighted by molar-refractivity contribution is 7.91. The van der Waals surface area contributed by atoms with Crippen LogP contribution in [-0.4, -0.2) is 45.9 Å².